The third kappa shape index (κ3) is 3.14. The summed E-state index contributed by atoms with van der Waals surface area (Å²) in [5.41, 5.74) is 3.63. The van der Waals surface area contributed by atoms with Gasteiger partial charge in [0.25, 0.3) is 0 Å². The molecule has 0 aromatic heterocycles. The summed E-state index contributed by atoms with van der Waals surface area (Å²) in [4.78, 5) is 11.3. The third-order valence-corrected chi connectivity index (χ3v) is 3.95. The summed E-state index contributed by atoms with van der Waals surface area (Å²) >= 11 is 0. The van der Waals surface area contributed by atoms with Gasteiger partial charge in [0.2, 0.25) is 5.91 Å². The molecular formula is C15H21N3O. The molecule has 2 aliphatic heterocycles. The zero-order valence-corrected chi connectivity index (χ0v) is 11.2. The second kappa shape index (κ2) is 5.72. The van der Waals surface area contributed by atoms with E-state index in [0.29, 0.717) is 6.42 Å². The number of hydrogen-bond donors (Lipinski definition) is 3. The van der Waals surface area contributed by atoms with Crippen LogP contribution < -0.4 is 16.0 Å². The largest absolute Gasteiger partial charge is 0.326 e. The number of hydrogen-bond acceptors (Lipinski definition) is 3. The van der Waals surface area contributed by atoms with Crippen molar-refractivity contribution in [3.63, 3.8) is 0 Å². The Morgan fingerprint density at radius 3 is 2.95 bits per heavy atom. The van der Waals surface area contributed by atoms with E-state index < -0.39 is 0 Å². The molecule has 0 bridgehead atoms. The zero-order valence-electron chi connectivity index (χ0n) is 11.2. The topological polar surface area (TPSA) is 53.2 Å². The Labute approximate surface area is 114 Å². The van der Waals surface area contributed by atoms with Gasteiger partial charge in [0.15, 0.2) is 0 Å². The quantitative estimate of drug-likeness (QED) is 0.689. The SMILES string of the molecule is O=C1CCc2cc(CCNCC3CNC3)ccc2N1. The minimum absolute atomic E-state index is 0.135. The molecule has 1 aromatic rings. The highest BCUT2D eigenvalue weighted by Crippen LogP contribution is 2.23. The van der Waals surface area contributed by atoms with Crippen molar-refractivity contribution in [1.29, 1.82) is 0 Å². The number of carbonyl (C=O) groups is 1. The molecule has 1 saturated heterocycles. The van der Waals surface area contributed by atoms with Gasteiger partial charge in [-0.15, -0.1) is 0 Å². The van der Waals surface area contributed by atoms with Crippen LogP contribution in [0, 0.1) is 5.92 Å². The molecule has 3 rings (SSSR count). The van der Waals surface area contributed by atoms with Crippen LogP contribution in [0.4, 0.5) is 5.69 Å². The molecule has 0 saturated carbocycles. The maximum atomic E-state index is 11.3. The number of carbonyl (C=O) groups excluding carboxylic acids is 1. The molecular weight excluding hydrogens is 238 g/mol. The fourth-order valence-corrected chi connectivity index (χ4v) is 2.62. The van der Waals surface area contributed by atoms with E-state index in [4.69, 9.17) is 0 Å². The van der Waals surface area contributed by atoms with E-state index in [-0.39, 0.29) is 5.91 Å². The molecule has 0 aliphatic carbocycles. The predicted molar refractivity (Wildman–Crippen MR) is 76.3 cm³/mol. The molecule has 0 unspecified atom stereocenters. The minimum atomic E-state index is 0.135. The minimum Gasteiger partial charge on any atom is -0.326 e. The van der Waals surface area contributed by atoms with Crippen molar-refractivity contribution in [3.8, 4) is 0 Å². The molecule has 1 amide bonds. The highest BCUT2D eigenvalue weighted by atomic mass is 16.1. The lowest BCUT2D eigenvalue weighted by molar-refractivity contribution is -0.116. The fraction of sp³-hybridized carbons (Fsp3) is 0.533. The van der Waals surface area contributed by atoms with Crippen LogP contribution >= 0.6 is 0 Å². The Bertz CT molecular complexity index is 468. The van der Waals surface area contributed by atoms with E-state index in [1.165, 1.54) is 11.1 Å². The van der Waals surface area contributed by atoms with Gasteiger partial charge in [0.1, 0.15) is 0 Å². The summed E-state index contributed by atoms with van der Waals surface area (Å²) < 4.78 is 0. The molecule has 3 N–H and O–H groups in total. The summed E-state index contributed by atoms with van der Waals surface area (Å²) in [7, 11) is 0. The Morgan fingerprint density at radius 1 is 1.26 bits per heavy atom. The van der Waals surface area contributed by atoms with Crippen LogP contribution in [0.15, 0.2) is 18.2 Å². The van der Waals surface area contributed by atoms with Crippen LogP contribution in [0.3, 0.4) is 0 Å². The first-order chi connectivity index (χ1) is 9.31. The van der Waals surface area contributed by atoms with Crippen molar-refractivity contribution < 1.29 is 4.79 Å². The maximum absolute atomic E-state index is 11.3. The Kier molecular flexibility index (Phi) is 3.80. The number of aryl methyl sites for hydroxylation is 1. The second-order valence-corrected chi connectivity index (χ2v) is 5.52. The van der Waals surface area contributed by atoms with Crippen LogP contribution in [-0.4, -0.2) is 32.1 Å². The fourth-order valence-electron chi connectivity index (χ4n) is 2.62. The number of fused-ring (bicyclic) bond motifs is 1. The second-order valence-electron chi connectivity index (χ2n) is 5.52. The molecule has 19 heavy (non-hydrogen) atoms. The van der Waals surface area contributed by atoms with Gasteiger partial charge in [-0.05, 0) is 42.5 Å². The highest BCUT2D eigenvalue weighted by Gasteiger charge is 2.16. The van der Waals surface area contributed by atoms with Gasteiger partial charge in [-0.25, -0.2) is 0 Å². The lowest BCUT2D eigenvalue weighted by atomic mass is 9.99. The van der Waals surface area contributed by atoms with Crippen molar-refractivity contribution in [2.45, 2.75) is 19.3 Å². The smallest absolute Gasteiger partial charge is 0.224 e. The molecule has 1 fully saturated rings. The number of benzene rings is 1. The lowest BCUT2D eigenvalue weighted by Gasteiger charge is -2.27. The van der Waals surface area contributed by atoms with E-state index in [9.17, 15) is 4.79 Å². The van der Waals surface area contributed by atoms with Gasteiger partial charge in [0, 0.05) is 31.7 Å². The number of amides is 1. The van der Waals surface area contributed by atoms with Gasteiger partial charge in [-0.3, -0.25) is 4.79 Å². The standard InChI is InChI=1S/C15H21N3O/c19-15-4-2-13-7-11(1-3-14(13)18-15)5-6-16-8-12-9-17-10-12/h1,3,7,12,16-17H,2,4-6,8-10H2,(H,18,19). The molecule has 0 atom stereocenters. The summed E-state index contributed by atoms with van der Waals surface area (Å²) in [6.45, 7) is 4.47. The first kappa shape index (κ1) is 12.6. The van der Waals surface area contributed by atoms with E-state index in [1.807, 2.05) is 6.07 Å². The van der Waals surface area contributed by atoms with E-state index in [0.717, 1.165) is 50.6 Å². The first-order valence-electron chi connectivity index (χ1n) is 7.14. The molecule has 4 nitrogen and oxygen atoms in total. The average molecular weight is 259 g/mol. The van der Waals surface area contributed by atoms with Crippen molar-refractivity contribution >= 4 is 11.6 Å². The Balaban J connectivity index is 1.49. The van der Waals surface area contributed by atoms with E-state index in [2.05, 4.69) is 28.1 Å². The van der Waals surface area contributed by atoms with Crippen molar-refractivity contribution in [3.05, 3.63) is 29.3 Å². The summed E-state index contributed by atoms with van der Waals surface area (Å²) in [6, 6.07) is 6.40. The Hall–Kier alpha value is -1.39. The van der Waals surface area contributed by atoms with Crippen LogP contribution in [0.25, 0.3) is 0 Å². The lowest BCUT2D eigenvalue weighted by Crippen LogP contribution is -2.47. The molecule has 2 heterocycles. The van der Waals surface area contributed by atoms with Gasteiger partial charge in [-0.2, -0.15) is 0 Å². The van der Waals surface area contributed by atoms with Crippen molar-refractivity contribution in [2.24, 2.45) is 5.92 Å². The number of rotatable bonds is 5. The molecule has 0 radical (unpaired) electrons. The van der Waals surface area contributed by atoms with Gasteiger partial charge >= 0.3 is 0 Å². The van der Waals surface area contributed by atoms with Crippen molar-refractivity contribution in [1.82, 2.24) is 10.6 Å². The maximum Gasteiger partial charge on any atom is 0.224 e. The number of nitrogens with one attached hydrogen (secondary N) is 3. The van der Waals surface area contributed by atoms with Crippen LogP contribution in [0.1, 0.15) is 17.5 Å². The van der Waals surface area contributed by atoms with Crippen molar-refractivity contribution in [2.75, 3.05) is 31.5 Å². The Morgan fingerprint density at radius 2 is 2.16 bits per heavy atom. The third-order valence-electron chi connectivity index (χ3n) is 3.95. The van der Waals surface area contributed by atoms with Gasteiger partial charge < -0.3 is 16.0 Å². The number of anilines is 1. The summed E-state index contributed by atoms with van der Waals surface area (Å²) in [5, 5.41) is 9.72. The molecule has 4 heteroatoms. The predicted octanol–water partition coefficient (Wildman–Crippen LogP) is 0.923. The summed E-state index contributed by atoms with van der Waals surface area (Å²) in [6.07, 6.45) is 2.54. The van der Waals surface area contributed by atoms with Crippen LogP contribution in [0.5, 0.6) is 0 Å². The molecule has 1 aromatic carbocycles. The van der Waals surface area contributed by atoms with Gasteiger partial charge in [-0.1, -0.05) is 12.1 Å². The molecule has 2 aliphatic rings. The normalized spacial score (nSPS) is 18.6. The summed E-state index contributed by atoms with van der Waals surface area (Å²) in [5.74, 6) is 0.953. The first-order valence-corrected chi connectivity index (χ1v) is 7.14. The van der Waals surface area contributed by atoms with E-state index in [1.54, 1.807) is 0 Å². The van der Waals surface area contributed by atoms with Gasteiger partial charge in [0.05, 0.1) is 0 Å². The average Bonchev–Trinajstić information content (AvgIpc) is 2.36. The van der Waals surface area contributed by atoms with Crippen LogP contribution in [0.2, 0.25) is 0 Å². The monoisotopic (exact) mass is 259 g/mol. The van der Waals surface area contributed by atoms with E-state index >= 15 is 0 Å². The molecule has 0 spiro atoms. The highest BCUT2D eigenvalue weighted by molar-refractivity contribution is 5.93. The van der Waals surface area contributed by atoms with Crippen LogP contribution in [-0.2, 0) is 17.6 Å². The molecule has 102 valence electrons. The zero-order chi connectivity index (χ0) is 13.1.